The van der Waals surface area contributed by atoms with E-state index in [0.29, 0.717) is 49.7 Å². The molecule has 0 atom stereocenters. The molecular formula is C30H34FN5O4. The minimum atomic E-state index is -0.373. The van der Waals surface area contributed by atoms with Crippen molar-refractivity contribution < 1.29 is 23.5 Å². The van der Waals surface area contributed by atoms with Crippen molar-refractivity contribution >= 4 is 29.2 Å². The number of benzene rings is 3. The highest BCUT2D eigenvalue weighted by Crippen LogP contribution is 2.21. The second kappa shape index (κ2) is 13.5. The highest BCUT2D eigenvalue weighted by Gasteiger charge is 2.23. The predicted molar refractivity (Wildman–Crippen MR) is 152 cm³/mol. The summed E-state index contributed by atoms with van der Waals surface area (Å²) in [5.74, 6) is 0.0111. The van der Waals surface area contributed by atoms with Crippen molar-refractivity contribution in [1.29, 1.82) is 0 Å². The molecule has 0 aliphatic carbocycles. The lowest BCUT2D eigenvalue weighted by atomic mass is 10.1. The molecule has 0 saturated carbocycles. The molecule has 0 aromatic heterocycles. The van der Waals surface area contributed by atoms with Gasteiger partial charge in [-0.15, -0.1) is 0 Å². The Balaban J connectivity index is 1.29. The number of ether oxygens (including phenoxy) is 1. The van der Waals surface area contributed by atoms with Crippen LogP contribution in [0.3, 0.4) is 0 Å². The summed E-state index contributed by atoms with van der Waals surface area (Å²) in [5, 5.41) is 5.55. The van der Waals surface area contributed by atoms with E-state index in [0.717, 1.165) is 11.3 Å². The maximum absolute atomic E-state index is 13.3. The van der Waals surface area contributed by atoms with Gasteiger partial charge in [0.1, 0.15) is 18.1 Å². The predicted octanol–water partition coefficient (Wildman–Crippen LogP) is 3.97. The number of piperazine rings is 1. The molecule has 1 saturated heterocycles. The van der Waals surface area contributed by atoms with Gasteiger partial charge in [-0.3, -0.25) is 9.59 Å². The van der Waals surface area contributed by atoms with E-state index in [1.165, 1.54) is 17.0 Å². The second-order valence-corrected chi connectivity index (χ2v) is 9.42. The molecule has 4 amide bonds. The van der Waals surface area contributed by atoms with Crippen LogP contribution in [0.5, 0.6) is 5.75 Å². The number of nitrogens with one attached hydrogen (secondary N) is 2. The van der Waals surface area contributed by atoms with Gasteiger partial charge in [0.2, 0.25) is 5.91 Å². The minimum absolute atomic E-state index is 0.00135. The van der Waals surface area contributed by atoms with E-state index in [1.807, 2.05) is 29.2 Å². The van der Waals surface area contributed by atoms with Crippen molar-refractivity contribution in [2.45, 2.75) is 13.5 Å². The molecule has 2 N–H and O–H groups in total. The van der Waals surface area contributed by atoms with Crippen LogP contribution >= 0.6 is 0 Å². The summed E-state index contributed by atoms with van der Waals surface area (Å²) in [6.45, 7) is 4.83. The molecule has 3 aromatic rings. The first kappa shape index (κ1) is 28.4. The monoisotopic (exact) mass is 547 g/mol. The number of hydrogen-bond acceptors (Lipinski definition) is 5. The molecule has 1 fully saturated rings. The van der Waals surface area contributed by atoms with Gasteiger partial charge in [-0.1, -0.05) is 12.1 Å². The molecule has 4 rings (SSSR count). The Labute approximate surface area is 233 Å². The van der Waals surface area contributed by atoms with Gasteiger partial charge in [0, 0.05) is 56.2 Å². The third-order valence-electron chi connectivity index (χ3n) is 6.66. The largest absolute Gasteiger partial charge is 0.497 e. The molecule has 0 unspecified atom stereocenters. The third-order valence-corrected chi connectivity index (χ3v) is 6.66. The molecule has 210 valence electrons. The van der Waals surface area contributed by atoms with Crippen molar-refractivity contribution in [1.82, 2.24) is 15.1 Å². The summed E-state index contributed by atoms with van der Waals surface area (Å²) in [4.78, 5) is 43.6. The lowest BCUT2D eigenvalue weighted by Gasteiger charge is -2.36. The molecule has 0 radical (unpaired) electrons. The Kier molecular flexibility index (Phi) is 9.56. The highest BCUT2D eigenvalue weighted by molar-refractivity contribution is 5.95. The fraction of sp³-hybridized carbons (Fsp3) is 0.300. The van der Waals surface area contributed by atoms with E-state index in [4.69, 9.17) is 4.74 Å². The normalized spacial score (nSPS) is 13.0. The van der Waals surface area contributed by atoms with Gasteiger partial charge in [-0.2, -0.15) is 0 Å². The molecular weight excluding hydrogens is 513 g/mol. The first-order valence-corrected chi connectivity index (χ1v) is 13.2. The van der Waals surface area contributed by atoms with Crippen molar-refractivity contribution in [3.63, 3.8) is 0 Å². The molecule has 0 bridgehead atoms. The SMILES string of the molecule is CCNC(=O)N(CC(=O)Nc1ccc(N2CCN(C(=O)c3ccc(OC)cc3)CC2)cc1)Cc1ccc(F)cc1. The Morgan fingerprint density at radius 2 is 1.55 bits per heavy atom. The second-order valence-electron chi connectivity index (χ2n) is 9.42. The van der Waals surface area contributed by atoms with Crippen molar-refractivity contribution in [2.75, 3.05) is 56.6 Å². The molecule has 9 nitrogen and oxygen atoms in total. The van der Waals surface area contributed by atoms with Gasteiger partial charge in [0.05, 0.1) is 7.11 Å². The van der Waals surface area contributed by atoms with E-state index >= 15 is 0 Å². The zero-order valence-corrected chi connectivity index (χ0v) is 22.7. The van der Waals surface area contributed by atoms with Crippen LogP contribution in [0.2, 0.25) is 0 Å². The Bertz CT molecular complexity index is 1290. The summed E-state index contributed by atoms with van der Waals surface area (Å²) in [5.41, 5.74) is 2.96. The van der Waals surface area contributed by atoms with Crippen LogP contribution in [-0.4, -0.2) is 74.0 Å². The van der Waals surface area contributed by atoms with E-state index < -0.39 is 0 Å². The fourth-order valence-electron chi connectivity index (χ4n) is 4.49. The third kappa shape index (κ3) is 7.49. The van der Waals surface area contributed by atoms with Crippen LogP contribution in [0.4, 0.5) is 20.6 Å². The number of methoxy groups -OCH3 is 1. The molecule has 10 heteroatoms. The highest BCUT2D eigenvalue weighted by atomic mass is 19.1. The van der Waals surface area contributed by atoms with Crippen molar-refractivity contribution in [3.8, 4) is 5.75 Å². The average molecular weight is 548 g/mol. The molecule has 3 aromatic carbocycles. The number of amides is 4. The van der Waals surface area contributed by atoms with Crippen molar-refractivity contribution in [3.05, 3.63) is 89.7 Å². The van der Waals surface area contributed by atoms with Gasteiger partial charge in [0.15, 0.2) is 0 Å². The number of anilines is 2. The Morgan fingerprint density at radius 3 is 2.15 bits per heavy atom. The van der Waals surface area contributed by atoms with Crippen LogP contribution in [0.15, 0.2) is 72.8 Å². The zero-order chi connectivity index (χ0) is 28.5. The number of carbonyl (C=O) groups excluding carboxylic acids is 3. The molecule has 0 spiro atoms. The van der Waals surface area contributed by atoms with Gasteiger partial charge in [0.25, 0.3) is 5.91 Å². The summed E-state index contributed by atoms with van der Waals surface area (Å²) < 4.78 is 18.4. The number of urea groups is 1. The number of halogens is 1. The Hall–Kier alpha value is -4.60. The van der Waals surface area contributed by atoms with Gasteiger partial charge >= 0.3 is 6.03 Å². The van der Waals surface area contributed by atoms with E-state index in [9.17, 15) is 18.8 Å². The number of rotatable bonds is 9. The lowest BCUT2D eigenvalue weighted by molar-refractivity contribution is -0.116. The van der Waals surface area contributed by atoms with Gasteiger partial charge in [-0.25, -0.2) is 9.18 Å². The summed E-state index contributed by atoms with van der Waals surface area (Å²) in [6, 6.07) is 20.1. The summed E-state index contributed by atoms with van der Waals surface area (Å²) >= 11 is 0. The molecule has 1 aliphatic heterocycles. The van der Waals surface area contributed by atoms with E-state index in [2.05, 4.69) is 15.5 Å². The molecule has 40 heavy (non-hydrogen) atoms. The van der Waals surface area contributed by atoms with Crippen LogP contribution < -0.4 is 20.3 Å². The quantitative estimate of drug-likeness (QED) is 0.423. The average Bonchev–Trinajstić information content (AvgIpc) is 2.98. The zero-order valence-electron chi connectivity index (χ0n) is 22.7. The fourth-order valence-corrected chi connectivity index (χ4v) is 4.49. The number of carbonyl (C=O) groups is 3. The maximum Gasteiger partial charge on any atom is 0.318 e. The van der Waals surface area contributed by atoms with Gasteiger partial charge < -0.3 is 30.1 Å². The van der Waals surface area contributed by atoms with Crippen LogP contribution in [0.25, 0.3) is 0 Å². The Morgan fingerprint density at radius 1 is 0.900 bits per heavy atom. The van der Waals surface area contributed by atoms with Crippen molar-refractivity contribution in [2.24, 2.45) is 0 Å². The lowest BCUT2D eigenvalue weighted by Crippen LogP contribution is -2.48. The topological polar surface area (TPSA) is 94.2 Å². The number of hydrogen-bond donors (Lipinski definition) is 2. The van der Waals surface area contributed by atoms with Crippen LogP contribution in [-0.2, 0) is 11.3 Å². The molecule has 1 aliphatic rings. The first-order chi connectivity index (χ1) is 19.4. The molecule has 1 heterocycles. The number of nitrogens with zero attached hydrogens (tertiary/aromatic N) is 3. The smallest absolute Gasteiger partial charge is 0.318 e. The van der Waals surface area contributed by atoms with Crippen LogP contribution in [0, 0.1) is 5.82 Å². The standard InChI is InChI=1S/C30H34FN5O4/c1-3-32-30(39)36(20-22-4-8-24(31)9-5-22)21-28(37)33-25-10-12-26(13-11-25)34-16-18-35(19-17-34)29(38)23-6-14-27(40-2)15-7-23/h4-15H,3,16-21H2,1-2H3,(H,32,39)(H,33,37). The van der Waals surface area contributed by atoms with Crippen LogP contribution in [0.1, 0.15) is 22.8 Å². The first-order valence-electron chi connectivity index (χ1n) is 13.2. The van der Waals surface area contributed by atoms with Gasteiger partial charge in [-0.05, 0) is 73.2 Å². The summed E-state index contributed by atoms with van der Waals surface area (Å²) in [7, 11) is 1.59. The van der Waals surface area contributed by atoms with E-state index in [-0.39, 0.29) is 36.8 Å². The minimum Gasteiger partial charge on any atom is -0.497 e. The maximum atomic E-state index is 13.3. The van der Waals surface area contributed by atoms with E-state index in [1.54, 1.807) is 50.4 Å². The summed E-state index contributed by atoms with van der Waals surface area (Å²) in [6.07, 6.45) is 0.